The highest BCUT2D eigenvalue weighted by Gasteiger charge is 2.42. The minimum absolute atomic E-state index is 0.0914. The Hall–Kier alpha value is -3.75. The SMILES string of the molecule is CC(C)C(=O)Nc1ccc(N2C(=S)N[C@@H](c3ccccn3)[C@H]2c2cccn2-c2ccncc2)cc1Cl. The predicted octanol–water partition coefficient (Wildman–Crippen LogP) is 5.69. The maximum Gasteiger partial charge on any atom is 0.226 e. The lowest BCUT2D eigenvalue weighted by atomic mass is 10.0. The van der Waals surface area contributed by atoms with Crippen molar-refractivity contribution in [1.82, 2.24) is 19.9 Å². The molecule has 0 unspecified atom stereocenters. The molecule has 1 aliphatic heterocycles. The summed E-state index contributed by atoms with van der Waals surface area (Å²) in [5, 5.41) is 7.36. The molecule has 2 N–H and O–H groups in total. The van der Waals surface area contributed by atoms with Gasteiger partial charge in [-0.25, -0.2) is 0 Å². The fraction of sp³-hybridized carbons (Fsp3) is 0.185. The molecule has 1 amide bonds. The van der Waals surface area contributed by atoms with Crippen LogP contribution in [0.2, 0.25) is 5.02 Å². The Morgan fingerprint density at radius 1 is 1.06 bits per heavy atom. The van der Waals surface area contributed by atoms with Gasteiger partial charge in [-0.2, -0.15) is 0 Å². The third-order valence-corrected chi connectivity index (χ3v) is 6.76. The average Bonchev–Trinajstić information content (AvgIpc) is 3.50. The molecule has 1 fully saturated rings. The number of halogens is 1. The summed E-state index contributed by atoms with van der Waals surface area (Å²) < 4.78 is 2.13. The summed E-state index contributed by atoms with van der Waals surface area (Å²) in [7, 11) is 0. The van der Waals surface area contributed by atoms with Crippen LogP contribution in [0.25, 0.3) is 5.69 Å². The second kappa shape index (κ2) is 10.1. The van der Waals surface area contributed by atoms with E-state index >= 15 is 0 Å². The van der Waals surface area contributed by atoms with Crippen molar-refractivity contribution in [3.8, 4) is 5.69 Å². The van der Waals surface area contributed by atoms with Crippen molar-refractivity contribution in [3.63, 3.8) is 0 Å². The van der Waals surface area contributed by atoms with Crippen LogP contribution in [0.4, 0.5) is 11.4 Å². The molecule has 0 saturated carbocycles. The van der Waals surface area contributed by atoms with E-state index in [1.807, 2.05) is 74.6 Å². The molecule has 3 aromatic heterocycles. The lowest BCUT2D eigenvalue weighted by molar-refractivity contribution is -0.118. The number of nitrogens with one attached hydrogen (secondary N) is 2. The van der Waals surface area contributed by atoms with Gasteiger partial charge in [0.25, 0.3) is 0 Å². The van der Waals surface area contributed by atoms with Crippen molar-refractivity contribution in [3.05, 3.63) is 102 Å². The van der Waals surface area contributed by atoms with Gasteiger partial charge in [0.05, 0.1) is 22.4 Å². The zero-order chi connectivity index (χ0) is 25.2. The molecular weight excluding hydrogens is 492 g/mol. The smallest absolute Gasteiger partial charge is 0.226 e. The van der Waals surface area contributed by atoms with Gasteiger partial charge in [0, 0.05) is 47.8 Å². The Kier molecular flexibility index (Phi) is 6.71. The van der Waals surface area contributed by atoms with E-state index in [0.29, 0.717) is 15.8 Å². The molecule has 0 aliphatic carbocycles. The quantitative estimate of drug-likeness (QED) is 0.320. The van der Waals surface area contributed by atoms with Crippen LogP contribution >= 0.6 is 23.8 Å². The molecule has 182 valence electrons. The number of benzene rings is 1. The van der Waals surface area contributed by atoms with Crippen molar-refractivity contribution < 1.29 is 4.79 Å². The first-order chi connectivity index (χ1) is 17.4. The fourth-order valence-corrected chi connectivity index (χ4v) is 4.91. The summed E-state index contributed by atoms with van der Waals surface area (Å²) in [6.07, 6.45) is 7.35. The van der Waals surface area contributed by atoms with Crippen LogP contribution in [0, 0.1) is 5.92 Å². The van der Waals surface area contributed by atoms with E-state index < -0.39 is 0 Å². The van der Waals surface area contributed by atoms with E-state index in [4.69, 9.17) is 23.8 Å². The molecule has 7 nitrogen and oxygen atoms in total. The Labute approximate surface area is 220 Å². The summed E-state index contributed by atoms with van der Waals surface area (Å²) in [6.45, 7) is 3.68. The summed E-state index contributed by atoms with van der Waals surface area (Å²) >= 11 is 12.5. The number of thiocarbonyl (C=S) groups is 1. The van der Waals surface area contributed by atoms with Gasteiger partial charge >= 0.3 is 0 Å². The van der Waals surface area contributed by atoms with E-state index in [0.717, 1.165) is 22.8 Å². The van der Waals surface area contributed by atoms with Crippen LogP contribution in [0.1, 0.15) is 37.3 Å². The monoisotopic (exact) mass is 516 g/mol. The van der Waals surface area contributed by atoms with Crippen molar-refractivity contribution in [2.75, 3.05) is 10.2 Å². The molecule has 0 bridgehead atoms. The lowest BCUT2D eigenvalue weighted by Gasteiger charge is -2.29. The van der Waals surface area contributed by atoms with Gasteiger partial charge in [-0.1, -0.05) is 31.5 Å². The normalized spacial score (nSPS) is 17.3. The molecule has 0 radical (unpaired) electrons. The molecule has 2 atom stereocenters. The topological polar surface area (TPSA) is 75.1 Å². The second-order valence-corrected chi connectivity index (χ2v) is 9.61. The van der Waals surface area contributed by atoms with Gasteiger partial charge in [0.2, 0.25) is 5.91 Å². The number of carbonyl (C=O) groups excluding carboxylic acids is 1. The van der Waals surface area contributed by atoms with Crippen LogP contribution in [0.15, 0.2) is 85.5 Å². The predicted molar refractivity (Wildman–Crippen MR) is 146 cm³/mol. The molecule has 1 aliphatic rings. The zero-order valence-corrected chi connectivity index (χ0v) is 21.4. The zero-order valence-electron chi connectivity index (χ0n) is 19.8. The first-order valence-electron chi connectivity index (χ1n) is 11.6. The number of anilines is 2. The number of carbonyl (C=O) groups is 1. The molecule has 4 aromatic rings. The number of rotatable bonds is 6. The Balaban J connectivity index is 1.59. The first kappa shape index (κ1) is 24.0. The van der Waals surface area contributed by atoms with Crippen LogP contribution in [0.5, 0.6) is 0 Å². The van der Waals surface area contributed by atoms with Crippen LogP contribution in [-0.4, -0.2) is 25.6 Å². The standard InChI is InChI=1S/C27H25ClN6OS/c1-17(2)26(35)31-21-9-8-19(16-20(21)28)34-25(24(32-27(34)36)22-6-3-4-12-30-22)23-7-5-15-33(23)18-10-13-29-14-11-18/h3-17,24-25H,1-2H3,(H,31,35)(H,32,36)/t24-,25+/m0/s1. The Bertz CT molecular complexity index is 1390. The average molecular weight is 517 g/mol. The van der Waals surface area contributed by atoms with Crippen LogP contribution in [-0.2, 0) is 4.79 Å². The van der Waals surface area contributed by atoms with E-state index in [2.05, 4.69) is 36.1 Å². The summed E-state index contributed by atoms with van der Waals surface area (Å²) in [5.74, 6) is -0.244. The number of hydrogen-bond donors (Lipinski definition) is 2. The van der Waals surface area contributed by atoms with Gasteiger partial charge < -0.3 is 20.1 Å². The first-order valence-corrected chi connectivity index (χ1v) is 12.4. The number of nitrogens with zero attached hydrogens (tertiary/aromatic N) is 4. The number of aromatic nitrogens is 3. The lowest BCUT2D eigenvalue weighted by Crippen LogP contribution is -2.30. The molecule has 5 rings (SSSR count). The van der Waals surface area contributed by atoms with Crippen molar-refractivity contribution >= 4 is 46.2 Å². The Morgan fingerprint density at radius 3 is 2.56 bits per heavy atom. The summed E-state index contributed by atoms with van der Waals surface area (Å²) in [6, 6.07) is 19.0. The minimum atomic E-state index is -0.220. The van der Waals surface area contributed by atoms with Gasteiger partial charge in [0.1, 0.15) is 6.04 Å². The maximum absolute atomic E-state index is 12.2. The molecule has 36 heavy (non-hydrogen) atoms. The maximum atomic E-state index is 12.2. The molecule has 0 spiro atoms. The number of hydrogen-bond acceptors (Lipinski definition) is 4. The summed E-state index contributed by atoms with van der Waals surface area (Å²) in [5.41, 5.74) is 4.27. The van der Waals surface area contributed by atoms with Crippen molar-refractivity contribution in [2.24, 2.45) is 5.92 Å². The number of amides is 1. The summed E-state index contributed by atoms with van der Waals surface area (Å²) in [4.78, 5) is 23.1. The van der Waals surface area contributed by atoms with Crippen molar-refractivity contribution in [1.29, 1.82) is 0 Å². The highest BCUT2D eigenvalue weighted by atomic mass is 35.5. The van der Waals surface area contributed by atoms with E-state index in [1.54, 1.807) is 18.6 Å². The van der Waals surface area contributed by atoms with E-state index in [1.165, 1.54) is 0 Å². The van der Waals surface area contributed by atoms with Gasteiger partial charge in [0.15, 0.2) is 5.11 Å². The highest BCUT2D eigenvalue weighted by molar-refractivity contribution is 7.80. The fourth-order valence-electron chi connectivity index (χ4n) is 4.34. The van der Waals surface area contributed by atoms with Gasteiger partial charge in [-0.15, -0.1) is 0 Å². The molecular formula is C27H25ClN6OS. The van der Waals surface area contributed by atoms with Crippen LogP contribution in [0.3, 0.4) is 0 Å². The van der Waals surface area contributed by atoms with E-state index in [9.17, 15) is 4.79 Å². The van der Waals surface area contributed by atoms with Gasteiger partial charge in [-0.05, 0) is 66.8 Å². The number of pyridine rings is 2. The molecule has 9 heteroatoms. The third kappa shape index (κ3) is 4.57. The second-order valence-electron chi connectivity index (χ2n) is 8.81. The van der Waals surface area contributed by atoms with Crippen LogP contribution < -0.4 is 15.5 Å². The molecule has 1 saturated heterocycles. The minimum Gasteiger partial charge on any atom is -0.351 e. The molecule has 4 heterocycles. The Morgan fingerprint density at radius 2 is 1.86 bits per heavy atom. The third-order valence-electron chi connectivity index (χ3n) is 6.14. The highest BCUT2D eigenvalue weighted by Crippen LogP contribution is 2.43. The van der Waals surface area contributed by atoms with Crippen molar-refractivity contribution in [2.45, 2.75) is 25.9 Å². The van der Waals surface area contributed by atoms with Gasteiger partial charge in [-0.3, -0.25) is 14.8 Å². The van der Waals surface area contributed by atoms with E-state index in [-0.39, 0.29) is 23.9 Å². The largest absolute Gasteiger partial charge is 0.351 e. The molecule has 1 aromatic carbocycles.